The molecule has 0 saturated carbocycles. The summed E-state index contributed by atoms with van der Waals surface area (Å²) in [6, 6.07) is 9.47. The highest BCUT2D eigenvalue weighted by Crippen LogP contribution is 2.10. The predicted octanol–water partition coefficient (Wildman–Crippen LogP) is 1.97. The van der Waals surface area contributed by atoms with Gasteiger partial charge in [0.05, 0.1) is 12.7 Å². The van der Waals surface area contributed by atoms with E-state index in [9.17, 15) is 4.79 Å². The van der Waals surface area contributed by atoms with Crippen LogP contribution in [0.25, 0.3) is 0 Å². The Morgan fingerprint density at radius 2 is 2.11 bits per heavy atom. The van der Waals surface area contributed by atoms with Crippen LogP contribution in [0.2, 0.25) is 0 Å². The zero-order chi connectivity index (χ0) is 13.0. The number of aromatic nitrogens is 2. The van der Waals surface area contributed by atoms with E-state index >= 15 is 0 Å². The molecule has 0 radical (unpaired) electrons. The maximum atomic E-state index is 10.8. The van der Waals surface area contributed by atoms with Gasteiger partial charge >= 0.3 is 5.97 Å². The fourth-order valence-electron chi connectivity index (χ4n) is 1.65. The Hall–Kier alpha value is -2.30. The topological polar surface area (TPSA) is 64.3 Å². The molecular weight excluding hydrogens is 232 g/mol. The molecule has 0 amide bonds. The molecule has 1 aromatic carbocycles. The number of para-hydroxylation sites is 1. The molecule has 1 heterocycles. The van der Waals surface area contributed by atoms with Gasteiger partial charge in [-0.3, -0.25) is 4.68 Å². The van der Waals surface area contributed by atoms with Gasteiger partial charge in [0.15, 0.2) is 0 Å². The van der Waals surface area contributed by atoms with Crippen LogP contribution in [0.15, 0.2) is 36.5 Å². The van der Waals surface area contributed by atoms with Crippen molar-refractivity contribution in [2.24, 2.45) is 0 Å². The molecule has 1 N–H and O–H groups in total. The third-order valence-electron chi connectivity index (χ3n) is 2.65. The quantitative estimate of drug-likeness (QED) is 0.876. The van der Waals surface area contributed by atoms with Gasteiger partial charge in [-0.25, -0.2) is 4.79 Å². The van der Waals surface area contributed by atoms with Crippen molar-refractivity contribution in [3.63, 3.8) is 0 Å². The fraction of sp³-hybridized carbons (Fsp3) is 0.231. The van der Waals surface area contributed by atoms with E-state index in [4.69, 9.17) is 9.84 Å². The van der Waals surface area contributed by atoms with E-state index in [2.05, 4.69) is 5.10 Å². The lowest BCUT2D eigenvalue weighted by molar-refractivity contribution is 0.0696. The van der Waals surface area contributed by atoms with Gasteiger partial charge in [-0.05, 0) is 19.1 Å². The molecule has 2 aromatic rings. The van der Waals surface area contributed by atoms with Gasteiger partial charge in [0.1, 0.15) is 17.9 Å². The minimum Gasteiger partial charge on any atom is -0.492 e. The second kappa shape index (κ2) is 5.35. The number of hydrogen-bond donors (Lipinski definition) is 1. The Balaban J connectivity index is 1.93. The smallest absolute Gasteiger partial charge is 0.339 e. The monoisotopic (exact) mass is 246 g/mol. The van der Waals surface area contributed by atoms with Crippen LogP contribution in [0.1, 0.15) is 16.1 Å². The minimum atomic E-state index is -0.956. The van der Waals surface area contributed by atoms with Gasteiger partial charge < -0.3 is 9.84 Å². The number of carboxylic acids is 1. The molecule has 0 bridgehead atoms. The van der Waals surface area contributed by atoms with E-state index in [0.717, 1.165) is 5.75 Å². The Morgan fingerprint density at radius 3 is 2.72 bits per heavy atom. The molecule has 0 aliphatic heterocycles. The number of aromatic carboxylic acids is 1. The summed E-state index contributed by atoms with van der Waals surface area (Å²) in [5.41, 5.74) is 0.869. The van der Waals surface area contributed by atoms with Crippen LogP contribution in [0.3, 0.4) is 0 Å². The molecule has 94 valence electrons. The number of hydrogen-bond acceptors (Lipinski definition) is 3. The average molecular weight is 246 g/mol. The number of benzene rings is 1. The summed E-state index contributed by atoms with van der Waals surface area (Å²) in [5.74, 6) is -0.163. The number of carboxylic acid groups (broad SMARTS) is 1. The standard InChI is InChI=1S/C13H14N2O3/c1-10-12(13(16)17)9-14-15(10)7-8-18-11-5-3-2-4-6-11/h2-6,9H,7-8H2,1H3,(H,16,17). The van der Waals surface area contributed by atoms with E-state index in [1.165, 1.54) is 6.20 Å². The van der Waals surface area contributed by atoms with Crippen molar-refractivity contribution in [3.05, 3.63) is 47.8 Å². The van der Waals surface area contributed by atoms with E-state index in [1.807, 2.05) is 30.3 Å². The Morgan fingerprint density at radius 1 is 1.39 bits per heavy atom. The van der Waals surface area contributed by atoms with Crippen molar-refractivity contribution in [2.45, 2.75) is 13.5 Å². The third kappa shape index (κ3) is 2.68. The zero-order valence-electron chi connectivity index (χ0n) is 10.0. The molecule has 0 spiro atoms. The number of rotatable bonds is 5. The summed E-state index contributed by atoms with van der Waals surface area (Å²) < 4.78 is 7.16. The average Bonchev–Trinajstić information content (AvgIpc) is 2.73. The summed E-state index contributed by atoms with van der Waals surface area (Å²) in [7, 11) is 0. The van der Waals surface area contributed by atoms with Crippen LogP contribution in [0.4, 0.5) is 0 Å². The second-order valence-corrected chi connectivity index (χ2v) is 3.83. The van der Waals surface area contributed by atoms with Crippen molar-refractivity contribution in [1.29, 1.82) is 0 Å². The molecule has 18 heavy (non-hydrogen) atoms. The molecule has 0 saturated heterocycles. The van der Waals surface area contributed by atoms with E-state index in [-0.39, 0.29) is 5.56 Å². The van der Waals surface area contributed by atoms with Gasteiger partial charge in [-0.2, -0.15) is 5.10 Å². The Labute approximate surface area is 105 Å². The Bertz CT molecular complexity index is 534. The third-order valence-corrected chi connectivity index (χ3v) is 2.65. The van der Waals surface area contributed by atoms with E-state index < -0.39 is 5.97 Å². The first kappa shape index (κ1) is 12.2. The first-order valence-corrected chi connectivity index (χ1v) is 5.62. The summed E-state index contributed by atoms with van der Waals surface area (Å²) in [4.78, 5) is 10.8. The second-order valence-electron chi connectivity index (χ2n) is 3.83. The van der Waals surface area contributed by atoms with Crippen molar-refractivity contribution in [1.82, 2.24) is 9.78 Å². The molecule has 0 fully saturated rings. The highest BCUT2D eigenvalue weighted by atomic mass is 16.5. The lowest BCUT2D eigenvalue weighted by atomic mass is 10.3. The molecule has 0 atom stereocenters. The van der Waals surface area contributed by atoms with Gasteiger partial charge in [0.25, 0.3) is 0 Å². The van der Waals surface area contributed by atoms with Gasteiger partial charge in [0.2, 0.25) is 0 Å². The molecule has 0 aliphatic rings. The van der Waals surface area contributed by atoms with Crippen LogP contribution >= 0.6 is 0 Å². The summed E-state index contributed by atoms with van der Waals surface area (Å²) >= 11 is 0. The van der Waals surface area contributed by atoms with Crippen molar-refractivity contribution in [2.75, 3.05) is 6.61 Å². The molecule has 2 rings (SSSR count). The van der Waals surface area contributed by atoms with Crippen LogP contribution in [-0.4, -0.2) is 27.5 Å². The zero-order valence-corrected chi connectivity index (χ0v) is 10.0. The van der Waals surface area contributed by atoms with Gasteiger partial charge in [-0.1, -0.05) is 18.2 Å². The fourth-order valence-corrected chi connectivity index (χ4v) is 1.65. The van der Waals surface area contributed by atoms with Crippen molar-refractivity contribution < 1.29 is 14.6 Å². The SMILES string of the molecule is Cc1c(C(=O)O)cnn1CCOc1ccccc1. The number of carbonyl (C=O) groups is 1. The Kier molecular flexibility index (Phi) is 3.62. The molecular formula is C13H14N2O3. The first-order chi connectivity index (χ1) is 8.68. The minimum absolute atomic E-state index is 0.231. The van der Waals surface area contributed by atoms with Crippen LogP contribution in [-0.2, 0) is 6.54 Å². The predicted molar refractivity (Wildman–Crippen MR) is 65.9 cm³/mol. The van der Waals surface area contributed by atoms with Crippen LogP contribution in [0.5, 0.6) is 5.75 Å². The highest BCUT2D eigenvalue weighted by molar-refractivity contribution is 5.88. The molecule has 5 nitrogen and oxygen atoms in total. The molecule has 0 aliphatic carbocycles. The lowest BCUT2D eigenvalue weighted by Crippen LogP contribution is -2.11. The van der Waals surface area contributed by atoms with Gasteiger partial charge in [0, 0.05) is 5.69 Å². The normalized spacial score (nSPS) is 10.3. The first-order valence-electron chi connectivity index (χ1n) is 5.62. The largest absolute Gasteiger partial charge is 0.492 e. The van der Waals surface area contributed by atoms with E-state index in [1.54, 1.807) is 11.6 Å². The van der Waals surface area contributed by atoms with E-state index in [0.29, 0.717) is 18.8 Å². The summed E-state index contributed by atoms with van der Waals surface area (Å²) in [6.07, 6.45) is 1.36. The summed E-state index contributed by atoms with van der Waals surface area (Å²) in [6.45, 7) is 2.71. The molecule has 1 aromatic heterocycles. The highest BCUT2D eigenvalue weighted by Gasteiger charge is 2.12. The van der Waals surface area contributed by atoms with Gasteiger partial charge in [-0.15, -0.1) is 0 Å². The number of nitrogens with zero attached hydrogens (tertiary/aromatic N) is 2. The maximum absolute atomic E-state index is 10.8. The maximum Gasteiger partial charge on any atom is 0.339 e. The van der Waals surface area contributed by atoms with Crippen LogP contribution in [0, 0.1) is 6.92 Å². The summed E-state index contributed by atoms with van der Waals surface area (Å²) in [5, 5.41) is 12.9. The molecule has 5 heteroatoms. The lowest BCUT2D eigenvalue weighted by Gasteiger charge is -2.07. The number of ether oxygens (including phenoxy) is 1. The van der Waals surface area contributed by atoms with Crippen molar-refractivity contribution >= 4 is 5.97 Å². The molecule has 0 unspecified atom stereocenters. The van der Waals surface area contributed by atoms with Crippen LogP contribution < -0.4 is 4.74 Å². The van der Waals surface area contributed by atoms with Crippen molar-refractivity contribution in [3.8, 4) is 5.75 Å².